The molecular formula is C18H25NO4. The van der Waals surface area contributed by atoms with Crippen molar-refractivity contribution in [3.8, 4) is 0 Å². The Balaban J connectivity index is 1.80. The van der Waals surface area contributed by atoms with Crippen molar-refractivity contribution in [2.75, 3.05) is 0 Å². The van der Waals surface area contributed by atoms with Crippen LogP contribution in [0, 0.1) is 27.4 Å². The Labute approximate surface area is 137 Å². The van der Waals surface area contributed by atoms with E-state index in [-0.39, 0.29) is 24.2 Å². The van der Waals surface area contributed by atoms with Crippen molar-refractivity contribution in [3.63, 3.8) is 0 Å². The highest BCUT2D eigenvalue weighted by Crippen LogP contribution is 2.40. The second-order valence-electron chi connectivity index (χ2n) is 7.45. The maximum Gasteiger partial charge on any atom is 0.309 e. The predicted molar refractivity (Wildman–Crippen MR) is 87.8 cm³/mol. The first kappa shape index (κ1) is 17.4. The van der Waals surface area contributed by atoms with Gasteiger partial charge in [-0.3, -0.25) is 14.9 Å². The van der Waals surface area contributed by atoms with E-state index in [0.717, 1.165) is 31.2 Å². The first-order chi connectivity index (χ1) is 10.8. The molecule has 0 aromatic heterocycles. The minimum Gasteiger partial charge on any atom is -0.461 e. The molecule has 2 rings (SSSR count). The van der Waals surface area contributed by atoms with E-state index in [1.165, 1.54) is 12.1 Å². The summed E-state index contributed by atoms with van der Waals surface area (Å²) in [6.45, 7) is 6.94. The fourth-order valence-electron chi connectivity index (χ4n) is 3.18. The largest absolute Gasteiger partial charge is 0.461 e. The molecule has 0 amide bonds. The average molecular weight is 319 g/mol. The summed E-state index contributed by atoms with van der Waals surface area (Å²) < 4.78 is 5.38. The number of carbonyl (C=O) groups excluding carboxylic acids is 1. The van der Waals surface area contributed by atoms with Gasteiger partial charge < -0.3 is 4.74 Å². The smallest absolute Gasteiger partial charge is 0.309 e. The molecule has 0 unspecified atom stereocenters. The van der Waals surface area contributed by atoms with Crippen molar-refractivity contribution in [3.05, 3.63) is 39.9 Å². The zero-order valence-corrected chi connectivity index (χ0v) is 14.1. The van der Waals surface area contributed by atoms with Crippen molar-refractivity contribution in [1.29, 1.82) is 0 Å². The molecule has 0 spiro atoms. The lowest BCUT2D eigenvalue weighted by molar-refractivity contribution is -0.384. The second-order valence-corrected chi connectivity index (χ2v) is 7.45. The van der Waals surface area contributed by atoms with E-state index in [1.54, 1.807) is 12.1 Å². The molecule has 1 fully saturated rings. The number of carbonyl (C=O) groups is 1. The molecule has 0 bridgehead atoms. The number of nitro groups is 1. The van der Waals surface area contributed by atoms with E-state index in [0.29, 0.717) is 11.3 Å². The Morgan fingerprint density at radius 2 is 1.74 bits per heavy atom. The summed E-state index contributed by atoms with van der Waals surface area (Å²) in [7, 11) is 0. The third kappa shape index (κ3) is 4.78. The monoisotopic (exact) mass is 319 g/mol. The number of nitro benzene ring substituents is 1. The van der Waals surface area contributed by atoms with Gasteiger partial charge in [-0.1, -0.05) is 20.8 Å². The van der Waals surface area contributed by atoms with E-state index < -0.39 is 4.92 Å². The van der Waals surface area contributed by atoms with Crippen LogP contribution in [0.15, 0.2) is 24.3 Å². The second kappa shape index (κ2) is 7.11. The molecule has 126 valence electrons. The molecule has 1 aromatic carbocycles. The summed E-state index contributed by atoms with van der Waals surface area (Å²) in [5.41, 5.74) is 1.11. The molecule has 1 aliphatic carbocycles. The zero-order chi connectivity index (χ0) is 17.0. The Morgan fingerprint density at radius 1 is 1.17 bits per heavy atom. The highest BCUT2D eigenvalue weighted by molar-refractivity contribution is 5.72. The van der Waals surface area contributed by atoms with Gasteiger partial charge in [-0.05, 0) is 54.7 Å². The summed E-state index contributed by atoms with van der Waals surface area (Å²) in [5, 5.41) is 10.6. The van der Waals surface area contributed by atoms with Crippen LogP contribution in [0.3, 0.4) is 0 Å². The molecule has 5 heteroatoms. The third-order valence-corrected chi connectivity index (χ3v) is 4.81. The van der Waals surface area contributed by atoms with Crippen LogP contribution >= 0.6 is 0 Å². The molecular weight excluding hydrogens is 294 g/mol. The van der Waals surface area contributed by atoms with Gasteiger partial charge in [0.25, 0.3) is 5.69 Å². The average Bonchev–Trinajstić information content (AvgIpc) is 2.52. The highest BCUT2D eigenvalue weighted by atomic mass is 16.6. The Kier molecular flexibility index (Phi) is 5.39. The molecule has 1 saturated carbocycles. The van der Waals surface area contributed by atoms with Crippen molar-refractivity contribution in [1.82, 2.24) is 0 Å². The summed E-state index contributed by atoms with van der Waals surface area (Å²) in [6, 6.07) is 6.11. The number of hydrogen-bond donors (Lipinski definition) is 0. The first-order valence-corrected chi connectivity index (χ1v) is 8.17. The van der Waals surface area contributed by atoms with Crippen LogP contribution in [0.5, 0.6) is 0 Å². The van der Waals surface area contributed by atoms with Gasteiger partial charge in [0.1, 0.15) is 6.61 Å². The van der Waals surface area contributed by atoms with E-state index in [9.17, 15) is 14.9 Å². The lowest BCUT2D eigenvalue weighted by atomic mass is 9.70. The number of hydrogen-bond acceptors (Lipinski definition) is 4. The maximum absolute atomic E-state index is 12.2. The molecule has 5 nitrogen and oxygen atoms in total. The van der Waals surface area contributed by atoms with Crippen LogP contribution in [0.1, 0.15) is 52.0 Å². The molecule has 1 aliphatic rings. The number of rotatable bonds is 4. The fraction of sp³-hybridized carbons (Fsp3) is 0.611. The SMILES string of the molecule is CC(C)(C)C1CCC(C(=O)OCc2ccc([N+](=O)[O-])cc2)CC1. The van der Waals surface area contributed by atoms with Crippen LogP contribution in [0.25, 0.3) is 0 Å². The van der Waals surface area contributed by atoms with Gasteiger partial charge >= 0.3 is 5.97 Å². The Morgan fingerprint density at radius 3 is 2.22 bits per heavy atom. The van der Waals surface area contributed by atoms with Gasteiger partial charge in [0.05, 0.1) is 10.8 Å². The molecule has 0 heterocycles. The van der Waals surface area contributed by atoms with Gasteiger partial charge in [0, 0.05) is 12.1 Å². The topological polar surface area (TPSA) is 69.4 Å². The van der Waals surface area contributed by atoms with Gasteiger partial charge in [-0.2, -0.15) is 0 Å². The van der Waals surface area contributed by atoms with Crippen molar-refractivity contribution < 1.29 is 14.5 Å². The van der Waals surface area contributed by atoms with E-state index >= 15 is 0 Å². The normalized spacial score (nSPS) is 21.7. The van der Waals surface area contributed by atoms with Crippen LogP contribution in [-0.2, 0) is 16.1 Å². The molecule has 23 heavy (non-hydrogen) atoms. The van der Waals surface area contributed by atoms with Gasteiger partial charge in [0.15, 0.2) is 0 Å². The molecule has 0 N–H and O–H groups in total. The lowest BCUT2D eigenvalue weighted by Crippen LogP contribution is -2.29. The van der Waals surface area contributed by atoms with Crippen LogP contribution in [0.4, 0.5) is 5.69 Å². The standard InChI is InChI=1S/C18H25NO4/c1-18(2,3)15-8-6-14(7-9-15)17(20)23-12-13-4-10-16(11-5-13)19(21)22/h4-5,10-11,14-15H,6-9,12H2,1-3H3. The summed E-state index contributed by atoms with van der Waals surface area (Å²) in [4.78, 5) is 22.3. The summed E-state index contributed by atoms with van der Waals surface area (Å²) in [6.07, 6.45) is 3.92. The molecule has 0 atom stereocenters. The molecule has 0 saturated heterocycles. The molecule has 1 aromatic rings. The van der Waals surface area contributed by atoms with E-state index in [1.807, 2.05) is 0 Å². The number of non-ortho nitro benzene ring substituents is 1. The summed E-state index contributed by atoms with van der Waals surface area (Å²) in [5.74, 6) is 0.517. The molecule has 0 radical (unpaired) electrons. The van der Waals surface area contributed by atoms with Gasteiger partial charge in [-0.25, -0.2) is 0 Å². The Hall–Kier alpha value is -1.91. The third-order valence-electron chi connectivity index (χ3n) is 4.81. The van der Waals surface area contributed by atoms with Crippen molar-refractivity contribution in [2.24, 2.45) is 17.3 Å². The lowest BCUT2D eigenvalue weighted by Gasteiger charge is -2.36. The van der Waals surface area contributed by atoms with Gasteiger partial charge in [-0.15, -0.1) is 0 Å². The first-order valence-electron chi connectivity index (χ1n) is 8.17. The maximum atomic E-state index is 12.2. The Bertz CT molecular complexity index is 551. The molecule has 0 aliphatic heterocycles. The number of nitrogens with zero attached hydrogens (tertiary/aromatic N) is 1. The van der Waals surface area contributed by atoms with Crippen molar-refractivity contribution in [2.45, 2.75) is 53.1 Å². The van der Waals surface area contributed by atoms with E-state index in [2.05, 4.69) is 20.8 Å². The van der Waals surface area contributed by atoms with E-state index in [4.69, 9.17) is 4.74 Å². The van der Waals surface area contributed by atoms with Crippen LogP contribution < -0.4 is 0 Å². The number of ether oxygens (including phenoxy) is 1. The van der Waals surface area contributed by atoms with Gasteiger partial charge in [0.2, 0.25) is 0 Å². The zero-order valence-electron chi connectivity index (χ0n) is 14.1. The quantitative estimate of drug-likeness (QED) is 0.466. The summed E-state index contributed by atoms with van der Waals surface area (Å²) >= 11 is 0. The predicted octanol–water partition coefficient (Wildman–Crippen LogP) is 4.49. The van der Waals surface area contributed by atoms with Crippen molar-refractivity contribution >= 4 is 11.7 Å². The minimum atomic E-state index is -0.441. The van der Waals surface area contributed by atoms with Crippen LogP contribution in [0.2, 0.25) is 0 Å². The highest BCUT2D eigenvalue weighted by Gasteiger charge is 2.32. The number of benzene rings is 1. The fourth-order valence-corrected chi connectivity index (χ4v) is 3.18. The minimum absolute atomic E-state index is 0.00773. The number of esters is 1. The van der Waals surface area contributed by atoms with Crippen LogP contribution in [-0.4, -0.2) is 10.9 Å².